The number of rotatable bonds is 9. The third-order valence-corrected chi connectivity index (χ3v) is 7.76. The number of anilines is 3. The van der Waals surface area contributed by atoms with Crippen LogP contribution in [0.3, 0.4) is 0 Å². The molecule has 2 aliphatic rings. The molecule has 40 heavy (non-hydrogen) atoms. The first-order valence-electron chi connectivity index (χ1n) is 13.7. The molecule has 0 saturated heterocycles. The van der Waals surface area contributed by atoms with E-state index in [0.29, 0.717) is 25.0 Å². The molecular weight excluding hydrogens is 510 g/mol. The summed E-state index contributed by atoms with van der Waals surface area (Å²) in [6.45, 7) is 1.21. The normalized spacial score (nSPS) is 18.8. The van der Waals surface area contributed by atoms with Gasteiger partial charge in [-0.25, -0.2) is 0 Å². The van der Waals surface area contributed by atoms with Gasteiger partial charge in [-0.1, -0.05) is 24.3 Å². The predicted molar refractivity (Wildman–Crippen MR) is 152 cm³/mol. The maximum absolute atomic E-state index is 13.5. The lowest BCUT2D eigenvalue weighted by molar-refractivity contribution is -0.138. The van der Waals surface area contributed by atoms with Crippen molar-refractivity contribution in [2.75, 3.05) is 42.8 Å². The topological polar surface area (TPSA) is 140 Å². The fourth-order valence-electron chi connectivity index (χ4n) is 5.54. The van der Waals surface area contributed by atoms with Crippen LogP contribution in [0, 0.1) is 5.92 Å². The summed E-state index contributed by atoms with van der Waals surface area (Å²) in [4.78, 5) is 35.0. The third kappa shape index (κ3) is 6.27. The summed E-state index contributed by atoms with van der Waals surface area (Å²) in [5, 5.41) is 12.2. The number of carboxylic acids is 1. The van der Waals surface area contributed by atoms with E-state index in [9.17, 15) is 9.59 Å². The van der Waals surface area contributed by atoms with Gasteiger partial charge in [-0.3, -0.25) is 9.59 Å². The van der Waals surface area contributed by atoms with Gasteiger partial charge in [0.2, 0.25) is 11.8 Å². The highest BCUT2D eigenvalue weighted by atomic mass is 16.5. The van der Waals surface area contributed by atoms with E-state index in [4.69, 9.17) is 20.3 Å². The average Bonchev–Trinajstić information content (AvgIpc) is 3.12. The molecule has 1 aliphatic carbocycles. The maximum atomic E-state index is 13.5. The smallest absolute Gasteiger partial charge is 0.303 e. The number of nitrogens with one attached hydrogen (secondary N) is 1. The molecule has 1 aromatic heterocycles. The van der Waals surface area contributed by atoms with Crippen molar-refractivity contribution in [3.63, 3.8) is 0 Å². The van der Waals surface area contributed by atoms with Crippen molar-refractivity contribution in [2.45, 2.75) is 44.4 Å². The summed E-state index contributed by atoms with van der Waals surface area (Å²) in [7, 11) is 1.64. The van der Waals surface area contributed by atoms with Crippen LogP contribution in [-0.4, -0.2) is 53.8 Å². The highest BCUT2D eigenvalue weighted by molar-refractivity contribution is 6.10. The second-order valence-corrected chi connectivity index (χ2v) is 10.3. The fourth-order valence-corrected chi connectivity index (χ4v) is 5.54. The van der Waals surface area contributed by atoms with Gasteiger partial charge in [0.05, 0.1) is 13.7 Å². The molecular formula is C30H35N5O5. The van der Waals surface area contributed by atoms with Crippen LogP contribution in [0.25, 0.3) is 0 Å². The van der Waals surface area contributed by atoms with Crippen molar-refractivity contribution in [3.05, 3.63) is 65.2 Å². The van der Waals surface area contributed by atoms with Crippen LogP contribution in [0.2, 0.25) is 0 Å². The number of carboxylic acid groups (broad SMARTS) is 1. The Morgan fingerprint density at radius 3 is 2.50 bits per heavy atom. The Labute approximate surface area is 233 Å². The molecule has 1 fully saturated rings. The Bertz CT molecular complexity index is 1340. The summed E-state index contributed by atoms with van der Waals surface area (Å²) in [6, 6.07) is 15.9. The minimum atomic E-state index is -0.719. The molecule has 0 atom stereocenters. The molecule has 10 heteroatoms. The monoisotopic (exact) mass is 545 g/mol. The van der Waals surface area contributed by atoms with Crippen molar-refractivity contribution in [2.24, 2.45) is 5.92 Å². The second kappa shape index (κ2) is 12.2. The van der Waals surface area contributed by atoms with E-state index in [-0.39, 0.29) is 42.1 Å². The molecule has 0 bridgehead atoms. The zero-order chi connectivity index (χ0) is 28.1. The van der Waals surface area contributed by atoms with Gasteiger partial charge in [0.15, 0.2) is 0 Å². The van der Waals surface area contributed by atoms with Gasteiger partial charge in [-0.05, 0) is 79.3 Å². The number of aliphatic carboxylic acids is 1. The molecule has 1 amide bonds. The molecule has 10 nitrogen and oxygen atoms in total. The molecule has 4 N–H and O–H groups in total. The van der Waals surface area contributed by atoms with Gasteiger partial charge in [-0.2, -0.15) is 9.97 Å². The van der Waals surface area contributed by atoms with Crippen molar-refractivity contribution in [1.29, 1.82) is 0 Å². The lowest BCUT2D eigenvalue weighted by Crippen LogP contribution is -2.32. The van der Waals surface area contributed by atoms with Gasteiger partial charge >= 0.3 is 5.97 Å². The molecule has 2 aromatic carbocycles. The van der Waals surface area contributed by atoms with E-state index in [1.807, 2.05) is 36.4 Å². The number of nitrogens with zero attached hydrogens (tertiary/aromatic N) is 3. The van der Waals surface area contributed by atoms with E-state index in [1.165, 1.54) is 5.56 Å². The zero-order valence-electron chi connectivity index (χ0n) is 22.6. The molecule has 210 valence electrons. The largest absolute Gasteiger partial charge is 0.497 e. The number of nitrogen functional groups attached to an aromatic ring is 1. The standard InChI is InChI=1S/C30H35N5O5/c1-39-24-12-4-19(5-13-24)14-15-32-30-33-27(31)26-28(34-30)40-17-16-35(29(26)38)23-10-8-22(9-11-23)21-6-2-20(3-7-21)18-25(36)37/h4-5,8-13,20-21H,2-3,6-7,14-18H2,1H3,(H,36,37)(H3,31,32,33,34)/t20-,21-. The van der Waals surface area contributed by atoms with Gasteiger partial charge in [0, 0.05) is 18.7 Å². The maximum Gasteiger partial charge on any atom is 0.303 e. The Morgan fingerprint density at radius 1 is 1.10 bits per heavy atom. The highest BCUT2D eigenvalue weighted by Gasteiger charge is 2.30. The first-order valence-corrected chi connectivity index (χ1v) is 13.7. The summed E-state index contributed by atoms with van der Waals surface area (Å²) >= 11 is 0. The van der Waals surface area contributed by atoms with Crippen molar-refractivity contribution < 1.29 is 24.2 Å². The number of carbonyl (C=O) groups is 2. The van der Waals surface area contributed by atoms with E-state index < -0.39 is 5.97 Å². The van der Waals surface area contributed by atoms with E-state index in [1.54, 1.807) is 12.0 Å². The molecule has 2 heterocycles. The average molecular weight is 546 g/mol. The number of nitrogens with two attached hydrogens (primary N) is 1. The lowest BCUT2D eigenvalue weighted by Gasteiger charge is -2.28. The van der Waals surface area contributed by atoms with Gasteiger partial charge in [0.25, 0.3) is 5.91 Å². The van der Waals surface area contributed by atoms with Crippen LogP contribution in [-0.2, 0) is 11.2 Å². The van der Waals surface area contributed by atoms with Crippen LogP contribution in [0.1, 0.15) is 59.5 Å². The van der Waals surface area contributed by atoms with Crippen LogP contribution in [0.5, 0.6) is 11.6 Å². The van der Waals surface area contributed by atoms with Crippen molar-refractivity contribution in [1.82, 2.24) is 9.97 Å². The highest BCUT2D eigenvalue weighted by Crippen LogP contribution is 2.38. The van der Waals surface area contributed by atoms with E-state index in [0.717, 1.165) is 49.1 Å². The second-order valence-electron chi connectivity index (χ2n) is 10.3. The SMILES string of the molecule is COc1ccc(CCNc2nc(N)c3c(n2)OCCN(c2ccc([C@H]4CC[C@H](CC(=O)O)CC4)cc2)C3=O)cc1. The number of benzene rings is 2. The van der Waals surface area contributed by atoms with Gasteiger partial charge < -0.3 is 30.5 Å². The van der Waals surface area contributed by atoms with Gasteiger partial charge in [-0.15, -0.1) is 0 Å². The molecule has 0 radical (unpaired) electrons. The van der Waals surface area contributed by atoms with Crippen LogP contribution in [0.15, 0.2) is 48.5 Å². The first-order chi connectivity index (χ1) is 19.4. The zero-order valence-corrected chi connectivity index (χ0v) is 22.6. The minimum Gasteiger partial charge on any atom is -0.497 e. The van der Waals surface area contributed by atoms with E-state index in [2.05, 4.69) is 27.4 Å². The van der Waals surface area contributed by atoms with Crippen molar-refractivity contribution in [3.8, 4) is 11.6 Å². The number of hydrogen-bond acceptors (Lipinski definition) is 8. The predicted octanol–water partition coefficient (Wildman–Crippen LogP) is 4.51. The number of methoxy groups -OCH3 is 1. The number of aromatic nitrogens is 2. The Balaban J connectivity index is 1.23. The Hall–Kier alpha value is -4.34. The third-order valence-electron chi connectivity index (χ3n) is 7.76. The van der Waals surface area contributed by atoms with Crippen LogP contribution < -0.4 is 25.4 Å². The van der Waals surface area contributed by atoms with Crippen LogP contribution >= 0.6 is 0 Å². The van der Waals surface area contributed by atoms with Crippen molar-refractivity contribution >= 4 is 29.3 Å². The molecule has 1 saturated carbocycles. The van der Waals surface area contributed by atoms with E-state index >= 15 is 0 Å². The fraction of sp³-hybridized carbons (Fsp3) is 0.400. The number of carbonyl (C=O) groups excluding carboxylic acids is 1. The first kappa shape index (κ1) is 27.2. The number of amides is 1. The quantitative estimate of drug-likeness (QED) is 0.354. The van der Waals surface area contributed by atoms with Gasteiger partial charge in [0.1, 0.15) is 23.7 Å². The number of fused-ring (bicyclic) bond motifs is 1. The summed E-state index contributed by atoms with van der Waals surface area (Å²) in [5.41, 5.74) is 9.52. The molecule has 3 aromatic rings. The minimum absolute atomic E-state index is 0.0728. The summed E-state index contributed by atoms with van der Waals surface area (Å²) in [6.07, 6.45) is 4.80. The molecule has 5 rings (SSSR count). The number of hydrogen-bond donors (Lipinski definition) is 3. The van der Waals surface area contributed by atoms with Crippen LogP contribution in [0.4, 0.5) is 17.5 Å². The molecule has 0 unspecified atom stereocenters. The Morgan fingerprint density at radius 2 is 1.82 bits per heavy atom. The summed E-state index contributed by atoms with van der Waals surface area (Å²) < 4.78 is 11.0. The molecule has 0 spiro atoms. The summed E-state index contributed by atoms with van der Waals surface area (Å²) in [5.74, 6) is 1.03. The Kier molecular flexibility index (Phi) is 8.33. The lowest BCUT2D eigenvalue weighted by atomic mass is 9.77. The number of ether oxygens (including phenoxy) is 2. The molecule has 1 aliphatic heterocycles.